The van der Waals surface area contributed by atoms with E-state index in [2.05, 4.69) is 0 Å². The first-order chi connectivity index (χ1) is 16.9. The zero-order valence-electron chi connectivity index (χ0n) is 19.9. The molecule has 3 fully saturated rings. The number of hydrogen-bond acceptors (Lipinski definition) is 4. The molecular weight excluding hydrogens is 457 g/mol. The predicted octanol–water partition coefficient (Wildman–Crippen LogP) is 6.73. The third-order valence-electron chi connectivity index (χ3n) is 7.89. The maximum Gasteiger partial charge on any atom is 0.338 e. The lowest BCUT2D eigenvalue weighted by atomic mass is 9.79. The van der Waals surface area contributed by atoms with Crippen molar-refractivity contribution in [3.8, 4) is 0 Å². The SMILES string of the molecule is COC1CCC(c2ccc(C3CCC(OC(=O)c4ccc(C5CO5)c(F)c4)CC3)c(F)c2F)CC1. The van der Waals surface area contributed by atoms with E-state index in [1.807, 2.05) is 0 Å². The number of methoxy groups -OCH3 is 1. The summed E-state index contributed by atoms with van der Waals surface area (Å²) < 4.78 is 60.4. The summed E-state index contributed by atoms with van der Waals surface area (Å²) >= 11 is 0. The molecule has 0 radical (unpaired) electrons. The van der Waals surface area contributed by atoms with Crippen LogP contribution in [0.25, 0.3) is 0 Å². The molecule has 2 aromatic carbocycles. The fraction of sp³-hybridized carbons (Fsp3) is 0.536. The number of benzene rings is 2. The second-order valence-electron chi connectivity index (χ2n) is 10.0. The summed E-state index contributed by atoms with van der Waals surface area (Å²) in [5.74, 6) is -2.60. The van der Waals surface area contributed by atoms with Crippen LogP contribution in [-0.2, 0) is 14.2 Å². The normalized spacial score (nSPS) is 28.5. The van der Waals surface area contributed by atoms with E-state index < -0.39 is 23.4 Å². The quantitative estimate of drug-likeness (QED) is 0.334. The lowest BCUT2D eigenvalue weighted by Crippen LogP contribution is -2.24. The maximum atomic E-state index is 15.1. The number of carbonyl (C=O) groups is 1. The molecule has 2 saturated carbocycles. The van der Waals surface area contributed by atoms with Crippen LogP contribution in [-0.4, -0.2) is 31.9 Å². The van der Waals surface area contributed by atoms with Gasteiger partial charge in [0, 0.05) is 12.7 Å². The van der Waals surface area contributed by atoms with Crippen molar-refractivity contribution in [2.75, 3.05) is 13.7 Å². The van der Waals surface area contributed by atoms with E-state index in [-0.39, 0.29) is 35.7 Å². The molecule has 4 nitrogen and oxygen atoms in total. The minimum absolute atomic E-state index is 0.0239. The molecular formula is C28H31F3O4. The van der Waals surface area contributed by atoms with E-state index in [0.717, 1.165) is 25.7 Å². The average Bonchev–Trinajstić information content (AvgIpc) is 3.72. The Bertz CT molecular complexity index is 1070. The average molecular weight is 489 g/mol. The van der Waals surface area contributed by atoms with Crippen LogP contribution in [0.2, 0.25) is 0 Å². The van der Waals surface area contributed by atoms with Crippen molar-refractivity contribution in [3.05, 3.63) is 70.0 Å². The van der Waals surface area contributed by atoms with Crippen LogP contribution in [0.3, 0.4) is 0 Å². The molecule has 188 valence electrons. The van der Waals surface area contributed by atoms with Crippen LogP contribution in [0.4, 0.5) is 13.2 Å². The van der Waals surface area contributed by atoms with Gasteiger partial charge in [-0.3, -0.25) is 0 Å². The molecule has 0 spiro atoms. The molecule has 1 heterocycles. The number of epoxide rings is 1. The van der Waals surface area contributed by atoms with E-state index in [9.17, 15) is 9.18 Å². The minimum atomic E-state index is -0.744. The summed E-state index contributed by atoms with van der Waals surface area (Å²) in [4.78, 5) is 12.5. The lowest BCUT2D eigenvalue weighted by Gasteiger charge is -2.30. The summed E-state index contributed by atoms with van der Waals surface area (Å²) in [6, 6.07) is 7.79. The Balaban J connectivity index is 1.17. The van der Waals surface area contributed by atoms with Gasteiger partial charge in [0.25, 0.3) is 0 Å². The van der Waals surface area contributed by atoms with E-state index in [1.165, 1.54) is 6.07 Å². The van der Waals surface area contributed by atoms with Gasteiger partial charge in [0.1, 0.15) is 18.0 Å². The Hall–Kier alpha value is -2.38. The maximum absolute atomic E-state index is 15.1. The molecule has 2 aromatic rings. The Morgan fingerprint density at radius 2 is 1.31 bits per heavy atom. The molecule has 5 rings (SSSR count). The molecule has 1 unspecified atom stereocenters. The molecule has 1 atom stereocenters. The van der Waals surface area contributed by atoms with Crippen LogP contribution in [0.15, 0.2) is 30.3 Å². The zero-order chi connectivity index (χ0) is 24.5. The molecule has 3 aliphatic rings. The summed E-state index contributed by atoms with van der Waals surface area (Å²) in [6.45, 7) is 0.493. The van der Waals surface area contributed by atoms with Gasteiger partial charge in [-0.05, 0) is 86.5 Å². The third kappa shape index (κ3) is 5.26. The van der Waals surface area contributed by atoms with Crippen LogP contribution in [0.1, 0.15) is 96.4 Å². The number of rotatable bonds is 6. The van der Waals surface area contributed by atoms with Crippen molar-refractivity contribution in [1.29, 1.82) is 0 Å². The summed E-state index contributed by atoms with van der Waals surface area (Å²) in [5, 5.41) is 0. The highest BCUT2D eigenvalue weighted by Crippen LogP contribution is 2.40. The first kappa shape index (κ1) is 24.3. The highest BCUT2D eigenvalue weighted by molar-refractivity contribution is 5.89. The van der Waals surface area contributed by atoms with E-state index in [1.54, 1.807) is 31.4 Å². The van der Waals surface area contributed by atoms with Gasteiger partial charge in [-0.25, -0.2) is 18.0 Å². The highest BCUT2D eigenvalue weighted by atomic mass is 19.2. The topological polar surface area (TPSA) is 48.1 Å². The predicted molar refractivity (Wildman–Crippen MR) is 124 cm³/mol. The summed E-state index contributed by atoms with van der Waals surface area (Å²) in [6.07, 6.45) is 5.27. The van der Waals surface area contributed by atoms with Crippen molar-refractivity contribution in [1.82, 2.24) is 0 Å². The molecule has 0 aromatic heterocycles. The van der Waals surface area contributed by atoms with Crippen molar-refractivity contribution in [2.45, 2.75) is 81.5 Å². The van der Waals surface area contributed by atoms with Gasteiger partial charge in [-0.2, -0.15) is 0 Å². The van der Waals surface area contributed by atoms with Gasteiger partial charge < -0.3 is 14.2 Å². The smallest absolute Gasteiger partial charge is 0.338 e. The molecule has 2 aliphatic carbocycles. The van der Waals surface area contributed by atoms with E-state index in [0.29, 0.717) is 49.0 Å². The van der Waals surface area contributed by atoms with Crippen molar-refractivity contribution in [2.24, 2.45) is 0 Å². The monoisotopic (exact) mass is 488 g/mol. The summed E-state index contributed by atoms with van der Waals surface area (Å²) in [5.41, 5.74) is 1.48. The second kappa shape index (κ2) is 10.3. The number of carbonyl (C=O) groups excluding carboxylic acids is 1. The van der Waals surface area contributed by atoms with Gasteiger partial charge in [0.2, 0.25) is 0 Å². The Labute approximate surface area is 203 Å². The van der Waals surface area contributed by atoms with Crippen LogP contribution < -0.4 is 0 Å². The van der Waals surface area contributed by atoms with E-state index in [4.69, 9.17) is 14.2 Å². The minimum Gasteiger partial charge on any atom is -0.459 e. The Kier molecular flexibility index (Phi) is 7.17. The van der Waals surface area contributed by atoms with Crippen LogP contribution >= 0.6 is 0 Å². The van der Waals surface area contributed by atoms with Gasteiger partial charge >= 0.3 is 5.97 Å². The molecule has 7 heteroatoms. The van der Waals surface area contributed by atoms with Crippen molar-refractivity contribution in [3.63, 3.8) is 0 Å². The van der Waals surface area contributed by atoms with Crippen LogP contribution in [0.5, 0.6) is 0 Å². The Morgan fingerprint density at radius 3 is 1.80 bits per heavy atom. The standard InChI is InChI=1S/C28H31F3O4/c1-33-19-7-2-16(3-8-19)21-12-13-22(27(31)26(21)30)17-4-9-20(10-5-17)35-28(32)18-6-11-23(24(29)14-18)25-15-34-25/h6,11-14,16-17,19-20,25H,2-5,7-10,15H2,1H3. The molecule has 0 amide bonds. The molecule has 1 aliphatic heterocycles. The molecule has 0 bridgehead atoms. The first-order valence-corrected chi connectivity index (χ1v) is 12.6. The highest BCUT2D eigenvalue weighted by Gasteiger charge is 2.32. The molecule has 0 N–H and O–H groups in total. The zero-order valence-corrected chi connectivity index (χ0v) is 19.9. The largest absolute Gasteiger partial charge is 0.459 e. The number of ether oxygens (including phenoxy) is 3. The summed E-state index contributed by atoms with van der Waals surface area (Å²) in [7, 11) is 1.69. The third-order valence-corrected chi connectivity index (χ3v) is 7.89. The van der Waals surface area contributed by atoms with Gasteiger partial charge in [-0.1, -0.05) is 18.2 Å². The molecule has 35 heavy (non-hydrogen) atoms. The van der Waals surface area contributed by atoms with Gasteiger partial charge in [0.05, 0.1) is 18.3 Å². The lowest BCUT2D eigenvalue weighted by molar-refractivity contribution is 0.0193. The van der Waals surface area contributed by atoms with Crippen LogP contribution in [0, 0.1) is 17.5 Å². The van der Waals surface area contributed by atoms with Gasteiger partial charge in [0.15, 0.2) is 11.6 Å². The van der Waals surface area contributed by atoms with Crippen molar-refractivity contribution < 1.29 is 32.2 Å². The first-order valence-electron chi connectivity index (χ1n) is 12.6. The van der Waals surface area contributed by atoms with Crippen molar-refractivity contribution >= 4 is 5.97 Å². The second-order valence-corrected chi connectivity index (χ2v) is 10.0. The fourth-order valence-electron chi connectivity index (χ4n) is 5.67. The van der Waals surface area contributed by atoms with Gasteiger partial charge in [-0.15, -0.1) is 0 Å². The Morgan fingerprint density at radius 1 is 0.800 bits per heavy atom. The number of halogens is 3. The van der Waals surface area contributed by atoms with E-state index >= 15 is 8.78 Å². The molecule has 1 saturated heterocycles. The number of hydrogen-bond donors (Lipinski definition) is 0. The number of esters is 1. The fourth-order valence-corrected chi connectivity index (χ4v) is 5.67.